The molecule has 1 aromatic heterocycles. The number of nitrogens with one attached hydrogen (secondary N) is 1. The van der Waals surface area contributed by atoms with Gasteiger partial charge in [-0.25, -0.2) is 9.48 Å². The van der Waals surface area contributed by atoms with Gasteiger partial charge in [-0.1, -0.05) is 13.8 Å². The Hall–Kier alpha value is -3.28. The number of benzene rings is 1. The van der Waals surface area contributed by atoms with Gasteiger partial charge in [0.25, 0.3) is 5.91 Å². The second-order valence-electron chi connectivity index (χ2n) is 5.89. The normalized spacial score (nSPS) is 12.9. The molecule has 0 fully saturated rings. The fourth-order valence-corrected chi connectivity index (χ4v) is 1.87. The highest BCUT2D eigenvalue weighted by Crippen LogP contribution is 2.15. The number of amides is 1. The van der Waals surface area contributed by atoms with Crippen LogP contribution in [0.15, 0.2) is 30.6 Å². The molecule has 9 heteroatoms. The van der Waals surface area contributed by atoms with Gasteiger partial charge >= 0.3 is 5.97 Å². The van der Waals surface area contributed by atoms with Crippen molar-refractivity contribution >= 4 is 11.9 Å². The van der Waals surface area contributed by atoms with E-state index in [2.05, 4.69) is 26.9 Å². The molecule has 0 aliphatic carbocycles. The lowest BCUT2D eigenvalue weighted by Crippen LogP contribution is -2.50. The summed E-state index contributed by atoms with van der Waals surface area (Å²) in [6, 6.07) is 8.45. The smallest absolute Gasteiger partial charge is 0.338 e. The molecule has 0 unspecified atom stereocenters. The van der Waals surface area contributed by atoms with Gasteiger partial charge in [0.15, 0.2) is 6.61 Å². The summed E-state index contributed by atoms with van der Waals surface area (Å²) in [5.74, 6) is -1.26. The van der Waals surface area contributed by atoms with E-state index in [1.54, 1.807) is 31.2 Å². The molecule has 1 aromatic carbocycles. The van der Waals surface area contributed by atoms with Crippen molar-refractivity contribution in [2.45, 2.75) is 26.3 Å². The standard InChI is InChI=1S/C16H18N6O3/c1-11(2)16(3,9-17)19-14(23)8-25-15(24)12-4-6-13(7-5-12)22-10-18-20-21-22/h4-7,10-11H,8H2,1-3H3,(H,19,23)/t16-/m0/s1. The summed E-state index contributed by atoms with van der Waals surface area (Å²) >= 11 is 0. The zero-order valence-electron chi connectivity index (χ0n) is 14.1. The highest BCUT2D eigenvalue weighted by Gasteiger charge is 2.30. The number of aromatic nitrogens is 4. The molecule has 0 bridgehead atoms. The van der Waals surface area contributed by atoms with E-state index in [9.17, 15) is 14.9 Å². The fourth-order valence-electron chi connectivity index (χ4n) is 1.87. The van der Waals surface area contributed by atoms with Gasteiger partial charge in [-0.15, -0.1) is 5.10 Å². The van der Waals surface area contributed by atoms with Crippen LogP contribution in [0.4, 0.5) is 0 Å². The minimum Gasteiger partial charge on any atom is -0.452 e. The number of nitrogens with zero attached hydrogens (tertiary/aromatic N) is 5. The van der Waals surface area contributed by atoms with Gasteiger partial charge in [0.1, 0.15) is 11.9 Å². The van der Waals surface area contributed by atoms with Crippen LogP contribution in [0.1, 0.15) is 31.1 Å². The van der Waals surface area contributed by atoms with Crippen LogP contribution in [-0.2, 0) is 9.53 Å². The van der Waals surface area contributed by atoms with Crippen molar-refractivity contribution in [3.63, 3.8) is 0 Å². The van der Waals surface area contributed by atoms with Crippen LogP contribution in [0.5, 0.6) is 0 Å². The average molecular weight is 342 g/mol. The van der Waals surface area contributed by atoms with Crippen molar-refractivity contribution in [2.24, 2.45) is 5.92 Å². The molecule has 0 aliphatic rings. The average Bonchev–Trinajstić information content (AvgIpc) is 3.14. The maximum Gasteiger partial charge on any atom is 0.338 e. The molecule has 2 aromatic rings. The lowest BCUT2D eigenvalue weighted by molar-refractivity contribution is -0.125. The number of hydrogen-bond acceptors (Lipinski definition) is 7. The van der Waals surface area contributed by atoms with E-state index in [1.807, 2.05) is 13.8 Å². The van der Waals surface area contributed by atoms with Crippen LogP contribution in [-0.4, -0.2) is 44.2 Å². The summed E-state index contributed by atoms with van der Waals surface area (Å²) in [5.41, 5.74) is -0.0469. The largest absolute Gasteiger partial charge is 0.452 e. The van der Waals surface area contributed by atoms with Gasteiger partial charge in [-0.05, 0) is 47.5 Å². The minimum absolute atomic E-state index is 0.0871. The molecule has 1 heterocycles. The van der Waals surface area contributed by atoms with Crippen molar-refractivity contribution in [2.75, 3.05) is 6.61 Å². The van der Waals surface area contributed by atoms with Gasteiger partial charge in [-0.3, -0.25) is 4.79 Å². The van der Waals surface area contributed by atoms with E-state index >= 15 is 0 Å². The van der Waals surface area contributed by atoms with E-state index in [0.29, 0.717) is 5.69 Å². The first-order valence-corrected chi connectivity index (χ1v) is 7.58. The second-order valence-corrected chi connectivity index (χ2v) is 5.89. The number of rotatable bonds is 6. The number of carbonyl (C=O) groups is 2. The van der Waals surface area contributed by atoms with Crippen LogP contribution in [0, 0.1) is 17.2 Å². The fraction of sp³-hybridized carbons (Fsp3) is 0.375. The SMILES string of the molecule is CC(C)[C@](C)(C#N)NC(=O)COC(=O)c1ccc(-n2cnnn2)cc1. The van der Waals surface area contributed by atoms with Gasteiger partial charge in [-0.2, -0.15) is 5.26 Å². The summed E-state index contributed by atoms with van der Waals surface area (Å²) in [5, 5.41) is 22.5. The van der Waals surface area contributed by atoms with Gasteiger partial charge in [0.2, 0.25) is 0 Å². The van der Waals surface area contributed by atoms with Crippen molar-refractivity contribution < 1.29 is 14.3 Å². The number of carbonyl (C=O) groups excluding carboxylic acids is 2. The maximum absolute atomic E-state index is 12.0. The molecule has 2 rings (SSSR count). The zero-order chi connectivity index (χ0) is 18.4. The quantitative estimate of drug-likeness (QED) is 0.773. The highest BCUT2D eigenvalue weighted by atomic mass is 16.5. The van der Waals surface area contributed by atoms with E-state index < -0.39 is 24.0 Å². The molecule has 1 amide bonds. The first-order valence-electron chi connectivity index (χ1n) is 7.58. The maximum atomic E-state index is 12.0. The van der Waals surface area contributed by atoms with E-state index in [0.717, 1.165) is 0 Å². The van der Waals surface area contributed by atoms with E-state index in [4.69, 9.17) is 4.74 Å². The molecule has 0 saturated carbocycles. The minimum atomic E-state index is -1.02. The third-order valence-corrected chi connectivity index (χ3v) is 3.84. The highest BCUT2D eigenvalue weighted by molar-refractivity contribution is 5.91. The lowest BCUT2D eigenvalue weighted by Gasteiger charge is -2.27. The third kappa shape index (κ3) is 4.38. The Morgan fingerprint density at radius 1 is 1.36 bits per heavy atom. The van der Waals surface area contributed by atoms with Crippen molar-refractivity contribution in [3.05, 3.63) is 36.2 Å². The van der Waals surface area contributed by atoms with Gasteiger partial charge in [0.05, 0.1) is 17.3 Å². The molecule has 0 saturated heterocycles. The summed E-state index contributed by atoms with van der Waals surface area (Å²) in [6.45, 7) is 4.80. The van der Waals surface area contributed by atoms with Crippen molar-refractivity contribution in [1.29, 1.82) is 5.26 Å². The molecule has 0 aliphatic heterocycles. The van der Waals surface area contributed by atoms with E-state index in [1.165, 1.54) is 11.0 Å². The molecular weight excluding hydrogens is 324 g/mol. The number of hydrogen-bond donors (Lipinski definition) is 1. The van der Waals surface area contributed by atoms with Crippen LogP contribution >= 0.6 is 0 Å². The first-order chi connectivity index (χ1) is 11.9. The molecule has 1 atom stereocenters. The third-order valence-electron chi connectivity index (χ3n) is 3.84. The molecule has 9 nitrogen and oxygen atoms in total. The lowest BCUT2D eigenvalue weighted by atomic mass is 9.90. The molecular formula is C16H18N6O3. The summed E-state index contributed by atoms with van der Waals surface area (Å²) in [7, 11) is 0. The number of esters is 1. The Bertz CT molecular complexity index is 779. The van der Waals surface area contributed by atoms with Crippen LogP contribution in [0.3, 0.4) is 0 Å². The van der Waals surface area contributed by atoms with Crippen molar-refractivity contribution in [3.8, 4) is 11.8 Å². The summed E-state index contributed by atoms with van der Waals surface area (Å²) < 4.78 is 6.42. The van der Waals surface area contributed by atoms with Crippen LogP contribution < -0.4 is 5.32 Å². The van der Waals surface area contributed by atoms with Crippen LogP contribution in [0.2, 0.25) is 0 Å². The molecule has 1 N–H and O–H groups in total. The Balaban J connectivity index is 1.92. The summed E-state index contributed by atoms with van der Waals surface area (Å²) in [6.07, 6.45) is 1.43. The van der Waals surface area contributed by atoms with Gasteiger partial charge < -0.3 is 10.1 Å². The Morgan fingerprint density at radius 3 is 2.56 bits per heavy atom. The zero-order valence-corrected chi connectivity index (χ0v) is 14.1. The Kier molecular flexibility index (Phi) is 5.44. The number of tetrazole rings is 1. The molecule has 25 heavy (non-hydrogen) atoms. The summed E-state index contributed by atoms with van der Waals surface area (Å²) in [4.78, 5) is 23.9. The molecule has 130 valence electrons. The predicted molar refractivity (Wildman–Crippen MR) is 86.4 cm³/mol. The monoisotopic (exact) mass is 342 g/mol. The van der Waals surface area contributed by atoms with Crippen molar-refractivity contribution in [1.82, 2.24) is 25.5 Å². The Labute approximate surface area is 144 Å². The Morgan fingerprint density at radius 2 is 2.04 bits per heavy atom. The van der Waals surface area contributed by atoms with E-state index in [-0.39, 0.29) is 11.5 Å². The number of ether oxygens (including phenoxy) is 1. The molecule has 0 spiro atoms. The van der Waals surface area contributed by atoms with Crippen LogP contribution in [0.25, 0.3) is 5.69 Å². The number of nitriles is 1. The molecule has 0 radical (unpaired) electrons. The second kappa shape index (κ2) is 7.53. The topological polar surface area (TPSA) is 123 Å². The van der Waals surface area contributed by atoms with Gasteiger partial charge in [0, 0.05) is 0 Å². The first kappa shape index (κ1) is 18.1. The predicted octanol–water partition coefficient (Wildman–Crippen LogP) is 0.874.